The smallest absolute Gasteiger partial charge is 0.319 e. The molecule has 0 unspecified atom stereocenters. The summed E-state index contributed by atoms with van der Waals surface area (Å²) in [7, 11) is 1.71. The maximum absolute atomic E-state index is 13.2. The number of carbonyl (C=O) groups is 2. The van der Waals surface area contributed by atoms with Crippen LogP contribution >= 0.6 is 11.8 Å². The third kappa shape index (κ3) is 9.11. The molecule has 35 heavy (non-hydrogen) atoms. The number of aliphatic hydroxyl groups excluding tert-OH is 1. The summed E-state index contributed by atoms with van der Waals surface area (Å²) in [5, 5.41) is 25.0. The molecule has 0 bridgehead atoms. The van der Waals surface area contributed by atoms with E-state index in [2.05, 4.69) is 10.6 Å². The quantitative estimate of drug-likeness (QED) is 0.234. The van der Waals surface area contributed by atoms with Crippen LogP contribution in [-0.4, -0.2) is 64.2 Å². The number of benzene rings is 1. The Hall–Kier alpha value is -2.71. The van der Waals surface area contributed by atoms with Gasteiger partial charge in [-0.2, -0.15) is 0 Å². The van der Waals surface area contributed by atoms with Gasteiger partial charge in [0.1, 0.15) is 10.4 Å². The van der Waals surface area contributed by atoms with Crippen LogP contribution in [0.15, 0.2) is 47.3 Å². The molecule has 1 aromatic carbocycles. The van der Waals surface area contributed by atoms with Crippen LogP contribution in [0.2, 0.25) is 0 Å². The van der Waals surface area contributed by atoms with Gasteiger partial charge >= 0.3 is 5.97 Å². The second kappa shape index (κ2) is 14.0. The van der Waals surface area contributed by atoms with E-state index in [0.29, 0.717) is 24.5 Å². The van der Waals surface area contributed by atoms with Crippen molar-refractivity contribution >= 4 is 29.3 Å². The zero-order valence-corrected chi connectivity index (χ0v) is 23.1. The summed E-state index contributed by atoms with van der Waals surface area (Å²) in [6.07, 6.45) is 5.87. The highest BCUT2D eigenvalue weighted by molar-refractivity contribution is 8.01. The molecule has 0 atom stereocenters. The summed E-state index contributed by atoms with van der Waals surface area (Å²) in [5.74, 6) is -0.524. The number of carboxylic acids is 1. The Morgan fingerprint density at radius 1 is 1.17 bits per heavy atom. The number of carboxylic acid groups (broad SMARTS) is 1. The number of amides is 1. The minimum Gasteiger partial charge on any atom is -0.480 e. The predicted molar refractivity (Wildman–Crippen MR) is 147 cm³/mol. The molecule has 7 nitrogen and oxygen atoms in total. The highest BCUT2D eigenvalue weighted by Gasteiger charge is 2.26. The van der Waals surface area contributed by atoms with Crippen LogP contribution in [0.4, 0.5) is 5.69 Å². The van der Waals surface area contributed by atoms with Crippen molar-refractivity contribution in [3.8, 4) is 0 Å². The number of aryl methyl sites for hydroxylation is 3. The van der Waals surface area contributed by atoms with Crippen molar-refractivity contribution < 1.29 is 19.8 Å². The lowest BCUT2D eigenvalue weighted by Crippen LogP contribution is -2.34. The van der Waals surface area contributed by atoms with Crippen LogP contribution in [-0.2, 0) is 9.59 Å². The number of nitrogens with one attached hydrogen (secondary N) is 2. The molecule has 4 N–H and O–H groups in total. The van der Waals surface area contributed by atoms with Crippen molar-refractivity contribution in [2.45, 2.75) is 53.2 Å². The Balaban J connectivity index is 3.08. The fraction of sp³-hybridized carbons (Fsp3) is 0.481. The van der Waals surface area contributed by atoms with E-state index < -0.39 is 10.7 Å². The first kappa shape index (κ1) is 30.3. The first-order valence-corrected chi connectivity index (χ1v) is 12.7. The average Bonchev–Trinajstić information content (AvgIpc) is 2.77. The zero-order valence-electron chi connectivity index (χ0n) is 22.3. The highest BCUT2D eigenvalue weighted by atomic mass is 32.2. The lowest BCUT2D eigenvalue weighted by Gasteiger charge is -2.27. The molecule has 1 aromatic rings. The Morgan fingerprint density at radius 2 is 1.77 bits per heavy atom. The van der Waals surface area contributed by atoms with Crippen LogP contribution in [0.5, 0.6) is 0 Å². The van der Waals surface area contributed by atoms with Crippen LogP contribution < -0.4 is 10.6 Å². The van der Waals surface area contributed by atoms with Crippen molar-refractivity contribution in [1.29, 1.82) is 0 Å². The Bertz CT molecular complexity index is 973. The topological polar surface area (TPSA) is 102 Å². The van der Waals surface area contributed by atoms with Gasteiger partial charge in [-0.1, -0.05) is 35.9 Å². The number of nitrogens with zero attached hydrogens (tertiary/aromatic N) is 1. The van der Waals surface area contributed by atoms with Crippen molar-refractivity contribution in [2.75, 3.05) is 37.8 Å². The molecule has 0 radical (unpaired) electrons. The van der Waals surface area contributed by atoms with E-state index in [9.17, 15) is 19.8 Å². The van der Waals surface area contributed by atoms with Crippen LogP contribution in [0.1, 0.15) is 44.4 Å². The summed E-state index contributed by atoms with van der Waals surface area (Å²) in [6, 6.07) is 4.08. The van der Waals surface area contributed by atoms with Crippen LogP contribution in [0, 0.1) is 20.8 Å². The number of rotatable bonds is 13. The van der Waals surface area contributed by atoms with Gasteiger partial charge in [0.15, 0.2) is 0 Å². The highest BCUT2D eigenvalue weighted by Crippen LogP contribution is 2.25. The monoisotopic (exact) mass is 503 g/mol. The van der Waals surface area contributed by atoms with Gasteiger partial charge in [0.05, 0.1) is 6.61 Å². The summed E-state index contributed by atoms with van der Waals surface area (Å²) in [5.41, 5.74) is 6.08. The van der Waals surface area contributed by atoms with Crippen LogP contribution in [0.3, 0.4) is 0 Å². The number of hydrogen-bond acceptors (Lipinski definition) is 6. The van der Waals surface area contributed by atoms with Gasteiger partial charge in [0, 0.05) is 37.3 Å². The van der Waals surface area contributed by atoms with E-state index in [1.807, 2.05) is 69.9 Å². The van der Waals surface area contributed by atoms with E-state index in [1.165, 1.54) is 11.8 Å². The largest absolute Gasteiger partial charge is 0.480 e. The molecule has 1 rings (SSSR count). The molecule has 0 aromatic heterocycles. The number of allylic oxidation sites excluding steroid dienone is 2. The normalized spacial score (nSPS) is 13.0. The fourth-order valence-electron chi connectivity index (χ4n) is 3.63. The van der Waals surface area contributed by atoms with Crippen molar-refractivity contribution in [2.24, 2.45) is 0 Å². The van der Waals surface area contributed by atoms with E-state index in [0.717, 1.165) is 33.6 Å². The Labute approximate surface area is 214 Å². The van der Waals surface area contributed by atoms with E-state index in [4.69, 9.17) is 0 Å². The SMILES string of the molecule is C/C=C(\C=C/CSC(C)(C)C(=O)O)CN(CCO)/C(C)=C(\NC)C(=O)Nc1c(C)cc(C)cc1C. The lowest BCUT2D eigenvalue weighted by molar-refractivity contribution is -0.138. The van der Waals surface area contributed by atoms with E-state index in [-0.39, 0.29) is 12.5 Å². The number of likely N-dealkylation sites (N-methyl/N-ethyl adjacent to an activating group) is 1. The maximum atomic E-state index is 13.2. The summed E-state index contributed by atoms with van der Waals surface area (Å²) < 4.78 is -0.855. The molecule has 0 aliphatic heterocycles. The minimum absolute atomic E-state index is 0.0600. The Morgan fingerprint density at radius 3 is 2.26 bits per heavy atom. The molecule has 8 heteroatoms. The predicted octanol–water partition coefficient (Wildman–Crippen LogP) is 4.39. The van der Waals surface area contributed by atoms with Gasteiger partial charge in [-0.3, -0.25) is 9.59 Å². The number of thioether (sulfide) groups is 1. The molecular formula is C27H41N3O4S. The third-order valence-electron chi connectivity index (χ3n) is 5.73. The van der Waals surface area contributed by atoms with Gasteiger partial charge in [0.25, 0.3) is 5.91 Å². The molecule has 0 saturated carbocycles. The minimum atomic E-state index is -0.855. The summed E-state index contributed by atoms with van der Waals surface area (Å²) >= 11 is 1.35. The fourth-order valence-corrected chi connectivity index (χ4v) is 4.37. The molecule has 0 fully saturated rings. The maximum Gasteiger partial charge on any atom is 0.319 e. The number of hydrogen-bond donors (Lipinski definition) is 4. The lowest BCUT2D eigenvalue weighted by atomic mass is 10.0. The first-order chi connectivity index (χ1) is 16.4. The molecule has 0 saturated heterocycles. The summed E-state index contributed by atoms with van der Waals surface area (Å²) in [4.78, 5) is 26.4. The molecule has 0 spiro atoms. The van der Waals surface area contributed by atoms with Crippen molar-refractivity contribution in [3.05, 3.63) is 64.0 Å². The number of aliphatic hydroxyl groups is 1. The number of carbonyl (C=O) groups excluding carboxylic acids is 1. The van der Waals surface area contributed by atoms with Gasteiger partial charge in [-0.05, 0) is 65.2 Å². The van der Waals surface area contributed by atoms with Crippen molar-refractivity contribution in [3.63, 3.8) is 0 Å². The van der Waals surface area contributed by atoms with Gasteiger partial charge in [-0.15, -0.1) is 11.8 Å². The van der Waals surface area contributed by atoms with E-state index in [1.54, 1.807) is 20.9 Å². The summed E-state index contributed by atoms with van der Waals surface area (Å²) in [6.45, 7) is 13.9. The third-order valence-corrected chi connectivity index (χ3v) is 6.99. The standard InChI is InChI=1S/C27H41N3O4S/c1-9-22(11-10-14-35-27(6,7)26(33)34)17-30(12-13-31)21(5)24(28-8)25(32)29-23-19(3)15-18(2)16-20(23)4/h9-11,15-16,28,31H,12-14,17H2,1-8H3,(H,29,32)(H,33,34)/b11-10-,22-9+,24-21-. The van der Waals surface area contributed by atoms with Crippen molar-refractivity contribution in [1.82, 2.24) is 10.2 Å². The second-order valence-corrected chi connectivity index (χ2v) is 10.6. The molecule has 194 valence electrons. The average molecular weight is 504 g/mol. The molecular weight excluding hydrogens is 462 g/mol. The second-order valence-electron chi connectivity index (χ2n) is 8.98. The van der Waals surface area contributed by atoms with Gasteiger partial charge < -0.3 is 25.7 Å². The molecule has 0 heterocycles. The van der Waals surface area contributed by atoms with E-state index >= 15 is 0 Å². The van der Waals surface area contributed by atoms with Gasteiger partial charge in [0.2, 0.25) is 0 Å². The molecule has 0 aliphatic carbocycles. The molecule has 0 aliphatic rings. The Kier molecular flexibility index (Phi) is 12.1. The number of anilines is 1. The zero-order chi connectivity index (χ0) is 26.8. The molecule has 1 amide bonds. The van der Waals surface area contributed by atoms with Gasteiger partial charge in [-0.25, -0.2) is 0 Å². The first-order valence-electron chi connectivity index (χ1n) is 11.7. The van der Waals surface area contributed by atoms with Crippen LogP contribution in [0.25, 0.3) is 0 Å². The number of aliphatic carboxylic acids is 1.